The Morgan fingerprint density at radius 1 is 1.60 bits per heavy atom. The summed E-state index contributed by atoms with van der Waals surface area (Å²) < 4.78 is 4.50. The van der Waals surface area contributed by atoms with Crippen LogP contribution in [0.5, 0.6) is 0 Å². The average molecular weight is 240 g/mol. The first kappa shape index (κ1) is 12.7. The van der Waals surface area contributed by atoms with E-state index in [4.69, 9.17) is 5.11 Å². The molecule has 0 amide bonds. The van der Waals surface area contributed by atoms with Gasteiger partial charge in [0.2, 0.25) is 0 Å². The first-order valence-corrected chi connectivity index (χ1v) is 2.90. The molecule has 0 rings (SSSR count). The van der Waals surface area contributed by atoms with Crippen molar-refractivity contribution in [2.75, 3.05) is 0 Å². The van der Waals surface area contributed by atoms with Crippen molar-refractivity contribution in [1.29, 1.82) is 0 Å². The van der Waals surface area contributed by atoms with Crippen LogP contribution in [0.2, 0.25) is 0 Å². The predicted octanol–water partition coefficient (Wildman–Crippen LogP) is 1.87. The number of hydrogen-bond acceptors (Lipinski definition) is 2. The second kappa shape index (κ2) is 4.77. The maximum atomic E-state index is 9.95. The Bertz CT molecular complexity index is 112. The molecule has 0 aliphatic heterocycles. The Hall–Kier alpha value is 0.0103. The molecule has 1 radical (unpaired) electrons. The summed E-state index contributed by atoms with van der Waals surface area (Å²) >= 11 is 0. The zero-order valence-electron chi connectivity index (χ0n) is 6.27. The van der Waals surface area contributed by atoms with Crippen molar-refractivity contribution in [3.05, 3.63) is 0 Å². The van der Waals surface area contributed by atoms with Crippen molar-refractivity contribution in [2.24, 2.45) is 0 Å². The largest absolute Gasteiger partial charge is 0.506 e. The van der Waals surface area contributed by atoms with E-state index >= 15 is 0 Å². The van der Waals surface area contributed by atoms with E-state index in [-0.39, 0.29) is 22.4 Å². The molecule has 0 saturated carbocycles. The number of carbonyl (C=O) groups is 1. The van der Waals surface area contributed by atoms with Gasteiger partial charge in [-0.25, -0.2) is 4.79 Å². The number of carboxylic acid groups (broad SMARTS) is 1. The standard InChI is InChI=1S/C6H12O3.Ag/c1-4-6(2,3)9-5(7)8;/h4H2,1-3H3,(H,7,8);. The Labute approximate surface area is 76.3 Å². The third kappa shape index (κ3) is 6.14. The third-order valence-corrected chi connectivity index (χ3v) is 1.22. The summed E-state index contributed by atoms with van der Waals surface area (Å²) in [4.78, 5) is 9.95. The molecule has 1 N–H and O–H groups in total. The second-order valence-corrected chi connectivity index (χ2v) is 2.48. The molecular weight excluding hydrogens is 228 g/mol. The SMILES string of the molecule is CCC(C)(C)OC(=O)O.[Ag]. The summed E-state index contributed by atoms with van der Waals surface area (Å²) in [6, 6.07) is 0. The van der Waals surface area contributed by atoms with Crippen LogP contribution in [0.3, 0.4) is 0 Å². The quantitative estimate of drug-likeness (QED) is 0.592. The maximum Gasteiger partial charge on any atom is 0.506 e. The zero-order chi connectivity index (χ0) is 7.49. The fourth-order valence-corrected chi connectivity index (χ4v) is 0.309. The molecule has 10 heavy (non-hydrogen) atoms. The van der Waals surface area contributed by atoms with Crippen LogP contribution in [-0.4, -0.2) is 16.9 Å². The molecule has 3 nitrogen and oxygen atoms in total. The Morgan fingerprint density at radius 2 is 2.00 bits per heavy atom. The molecule has 0 saturated heterocycles. The summed E-state index contributed by atoms with van der Waals surface area (Å²) in [7, 11) is 0. The molecule has 0 atom stereocenters. The first-order valence-electron chi connectivity index (χ1n) is 2.90. The van der Waals surface area contributed by atoms with Gasteiger partial charge in [-0.1, -0.05) is 6.92 Å². The first-order chi connectivity index (χ1) is 3.98. The van der Waals surface area contributed by atoms with Crippen LogP contribution >= 0.6 is 0 Å². The summed E-state index contributed by atoms with van der Waals surface area (Å²) in [6.45, 7) is 5.35. The van der Waals surface area contributed by atoms with Crippen LogP contribution in [0, 0.1) is 0 Å². The van der Waals surface area contributed by atoms with Crippen molar-refractivity contribution >= 4 is 6.16 Å². The molecule has 0 aromatic carbocycles. The van der Waals surface area contributed by atoms with Crippen molar-refractivity contribution < 1.29 is 37.0 Å². The summed E-state index contributed by atoms with van der Waals surface area (Å²) in [6.07, 6.45) is -0.513. The number of hydrogen-bond donors (Lipinski definition) is 1. The Kier molecular flexibility index (Phi) is 6.04. The van der Waals surface area contributed by atoms with Gasteiger partial charge in [0.1, 0.15) is 5.60 Å². The van der Waals surface area contributed by atoms with Gasteiger partial charge in [0, 0.05) is 22.4 Å². The van der Waals surface area contributed by atoms with Crippen molar-refractivity contribution in [2.45, 2.75) is 32.8 Å². The molecule has 65 valence electrons. The van der Waals surface area contributed by atoms with Crippen molar-refractivity contribution in [3.8, 4) is 0 Å². The summed E-state index contributed by atoms with van der Waals surface area (Å²) in [5.41, 5.74) is -0.536. The van der Waals surface area contributed by atoms with E-state index in [1.807, 2.05) is 6.92 Å². The fraction of sp³-hybridized carbons (Fsp3) is 0.833. The molecule has 0 aliphatic rings. The van der Waals surface area contributed by atoms with Crippen LogP contribution in [0.1, 0.15) is 27.2 Å². The summed E-state index contributed by atoms with van der Waals surface area (Å²) in [5.74, 6) is 0. The minimum atomic E-state index is -1.21. The smallest absolute Gasteiger partial charge is 0.450 e. The minimum Gasteiger partial charge on any atom is -0.450 e. The van der Waals surface area contributed by atoms with Gasteiger partial charge in [-0.15, -0.1) is 0 Å². The zero-order valence-corrected chi connectivity index (χ0v) is 7.75. The molecule has 0 spiro atoms. The fourth-order valence-electron chi connectivity index (χ4n) is 0.309. The molecule has 0 fully saturated rings. The van der Waals surface area contributed by atoms with Gasteiger partial charge >= 0.3 is 6.16 Å². The van der Waals surface area contributed by atoms with Gasteiger partial charge in [-0.3, -0.25) is 0 Å². The molecule has 0 aromatic heterocycles. The van der Waals surface area contributed by atoms with E-state index in [0.29, 0.717) is 6.42 Å². The van der Waals surface area contributed by atoms with Gasteiger partial charge < -0.3 is 9.84 Å². The molecule has 0 unspecified atom stereocenters. The van der Waals surface area contributed by atoms with E-state index in [1.165, 1.54) is 0 Å². The van der Waals surface area contributed by atoms with E-state index in [1.54, 1.807) is 13.8 Å². The summed E-state index contributed by atoms with van der Waals surface area (Å²) in [5, 5.41) is 8.16. The van der Waals surface area contributed by atoms with Gasteiger partial charge in [-0.05, 0) is 20.3 Å². The van der Waals surface area contributed by atoms with E-state index in [2.05, 4.69) is 4.74 Å². The van der Waals surface area contributed by atoms with E-state index in [0.717, 1.165) is 0 Å². The molecule has 4 heteroatoms. The Morgan fingerprint density at radius 3 is 2.10 bits per heavy atom. The third-order valence-electron chi connectivity index (χ3n) is 1.22. The molecule has 0 heterocycles. The molecule has 0 aliphatic carbocycles. The minimum absolute atomic E-state index is 0. The normalized spacial score (nSPS) is 9.90. The van der Waals surface area contributed by atoms with Gasteiger partial charge in [0.15, 0.2) is 0 Å². The van der Waals surface area contributed by atoms with Crippen LogP contribution in [0.4, 0.5) is 4.79 Å². The molecule has 0 aromatic rings. The topological polar surface area (TPSA) is 46.5 Å². The molecule has 0 bridgehead atoms. The van der Waals surface area contributed by atoms with E-state index < -0.39 is 11.8 Å². The van der Waals surface area contributed by atoms with Gasteiger partial charge in [0.05, 0.1) is 0 Å². The Balaban J connectivity index is 0. The van der Waals surface area contributed by atoms with Crippen LogP contribution in [-0.2, 0) is 27.1 Å². The van der Waals surface area contributed by atoms with Crippen molar-refractivity contribution in [1.82, 2.24) is 0 Å². The van der Waals surface area contributed by atoms with Crippen molar-refractivity contribution in [3.63, 3.8) is 0 Å². The molecular formula is C6H12AgO3. The number of rotatable bonds is 2. The van der Waals surface area contributed by atoms with Gasteiger partial charge in [0.25, 0.3) is 0 Å². The number of ether oxygens (including phenoxy) is 1. The maximum absolute atomic E-state index is 9.95. The van der Waals surface area contributed by atoms with E-state index in [9.17, 15) is 4.79 Å². The van der Waals surface area contributed by atoms with Gasteiger partial charge in [-0.2, -0.15) is 0 Å². The van der Waals surface area contributed by atoms with Crippen LogP contribution in [0.15, 0.2) is 0 Å². The van der Waals surface area contributed by atoms with Crippen LogP contribution < -0.4 is 0 Å². The second-order valence-electron chi connectivity index (χ2n) is 2.48. The monoisotopic (exact) mass is 239 g/mol. The average Bonchev–Trinajstić information content (AvgIpc) is 1.63. The predicted molar refractivity (Wildman–Crippen MR) is 33.5 cm³/mol. The van der Waals surface area contributed by atoms with Crippen LogP contribution in [0.25, 0.3) is 0 Å².